The molecule has 88 valence electrons. The molecule has 0 unspecified atom stereocenters. The van der Waals surface area contributed by atoms with E-state index in [1.54, 1.807) is 0 Å². The van der Waals surface area contributed by atoms with Gasteiger partial charge in [-0.15, -0.1) is 6.58 Å². The molecule has 0 bridgehead atoms. The Kier molecular flexibility index (Phi) is 3.76. The number of aromatic hydroxyl groups is 1. The van der Waals surface area contributed by atoms with Crippen LogP contribution in [0, 0.1) is 0 Å². The predicted octanol–water partition coefficient (Wildman–Crippen LogP) is 2.88. The lowest BCUT2D eigenvalue weighted by Crippen LogP contribution is -2.13. The van der Waals surface area contributed by atoms with Crippen LogP contribution in [0.25, 0.3) is 0 Å². The third-order valence-corrected chi connectivity index (χ3v) is 2.66. The average Bonchev–Trinajstić information content (AvgIpc) is 2.19. The van der Waals surface area contributed by atoms with E-state index in [-0.39, 0.29) is 5.41 Å². The van der Waals surface area contributed by atoms with Gasteiger partial charge in [0, 0.05) is 12.1 Å². The minimum Gasteiger partial charge on any atom is -0.507 e. The smallest absolute Gasteiger partial charge is 0.123 e. The Labute approximate surface area is 97.8 Å². The molecule has 0 spiro atoms. The molecule has 1 aromatic carbocycles. The van der Waals surface area contributed by atoms with E-state index < -0.39 is 0 Å². The quantitative estimate of drug-likeness (QED) is 0.768. The maximum atomic E-state index is 10.1. The molecule has 2 heteroatoms. The van der Waals surface area contributed by atoms with Gasteiger partial charge in [0.15, 0.2) is 0 Å². The Hall–Kier alpha value is -1.28. The minimum atomic E-state index is -0.0782. The molecule has 0 saturated carbocycles. The van der Waals surface area contributed by atoms with Crippen LogP contribution in [-0.2, 0) is 18.4 Å². The van der Waals surface area contributed by atoms with Crippen molar-refractivity contribution in [1.82, 2.24) is 0 Å². The molecule has 0 heterocycles. The van der Waals surface area contributed by atoms with E-state index in [0.29, 0.717) is 12.3 Å². The summed E-state index contributed by atoms with van der Waals surface area (Å²) in [6, 6.07) is 3.99. The molecule has 0 aliphatic carbocycles. The second-order valence-corrected chi connectivity index (χ2v) is 5.10. The van der Waals surface area contributed by atoms with E-state index in [1.807, 2.05) is 18.2 Å². The van der Waals surface area contributed by atoms with E-state index in [0.717, 1.165) is 23.1 Å². The maximum Gasteiger partial charge on any atom is 0.123 e. The van der Waals surface area contributed by atoms with Gasteiger partial charge in [-0.05, 0) is 23.0 Å². The molecule has 1 aromatic rings. The summed E-state index contributed by atoms with van der Waals surface area (Å²) in [6.07, 6.45) is 2.66. The van der Waals surface area contributed by atoms with Gasteiger partial charge >= 0.3 is 0 Å². The molecule has 0 aliphatic heterocycles. The van der Waals surface area contributed by atoms with Crippen LogP contribution in [0.3, 0.4) is 0 Å². The second-order valence-electron chi connectivity index (χ2n) is 5.10. The SMILES string of the molecule is C=CCc1cc(CN)c(O)c(C(C)(C)C)c1. The average molecular weight is 219 g/mol. The number of phenols is 1. The fourth-order valence-corrected chi connectivity index (χ4v) is 1.77. The summed E-state index contributed by atoms with van der Waals surface area (Å²) in [5, 5.41) is 10.1. The first-order chi connectivity index (χ1) is 7.40. The van der Waals surface area contributed by atoms with Crippen molar-refractivity contribution in [2.75, 3.05) is 0 Å². The van der Waals surface area contributed by atoms with Gasteiger partial charge in [-0.1, -0.05) is 39.0 Å². The first-order valence-electron chi connectivity index (χ1n) is 5.56. The molecule has 3 N–H and O–H groups in total. The van der Waals surface area contributed by atoms with E-state index in [4.69, 9.17) is 5.73 Å². The summed E-state index contributed by atoms with van der Waals surface area (Å²) in [7, 11) is 0. The summed E-state index contributed by atoms with van der Waals surface area (Å²) in [5.74, 6) is 0.336. The molecular weight excluding hydrogens is 198 g/mol. The molecular formula is C14H21NO. The first kappa shape index (κ1) is 12.8. The largest absolute Gasteiger partial charge is 0.507 e. The van der Waals surface area contributed by atoms with Gasteiger partial charge in [0.05, 0.1) is 0 Å². The minimum absolute atomic E-state index is 0.0782. The summed E-state index contributed by atoms with van der Waals surface area (Å²) in [4.78, 5) is 0. The van der Waals surface area contributed by atoms with Crippen LogP contribution in [-0.4, -0.2) is 5.11 Å². The van der Waals surface area contributed by atoms with Crippen molar-refractivity contribution in [3.8, 4) is 5.75 Å². The van der Waals surface area contributed by atoms with Gasteiger partial charge in [-0.2, -0.15) is 0 Å². The Bertz CT molecular complexity index is 388. The van der Waals surface area contributed by atoms with Crippen LogP contribution in [0.1, 0.15) is 37.5 Å². The van der Waals surface area contributed by atoms with E-state index in [9.17, 15) is 5.11 Å². The van der Waals surface area contributed by atoms with Gasteiger partial charge in [0.2, 0.25) is 0 Å². The number of benzene rings is 1. The van der Waals surface area contributed by atoms with Crippen molar-refractivity contribution in [3.63, 3.8) is 0 Å². The number of hydrogen-bond acceptors (Lipinski definition) is 2. The zero-order chi connectivity index (χ0) is 12.3. The Morgan fingerprint density at radius 2 is 2.00 bits per heavy atom. The molecule has 0 atom stereocenters. The standard InChI is InChI=1S/C14H21NO/c1-5-6-10-7-11(9-15)13(16)12(8-10)14(2,3)4/h5,7-8,16H,1,6,9,15H2,2-4H3. The van der Waals surface area contributed by atoms with Gasteiger partial charge in [-0.3, -0.25) is 0 Å². The Morgan fingerprint density at radius 3 is 2.44 bits per heavy atom. The molecule has 0 saturated heterocycles. The summed E-state index contributed by atoms with van der Waals surface area (Å²) in [6.45, 7) is 10.3. The van der Waals surface area contributed by atoms with Crippen molar-refractivity contribution >= 4 is 0 Å². The first-order valence-corrected chi connectivity index (χ1v) is 5.56. The van der Waals surface area contributed by atoms with Gasteiger partial charge in [-0.25, -0.2) is 0 Å². The van der Waals surface area contributed by atoms with Crippen LogP contribution < -0.4 is 5.73 Å². The van der Waals surface area contributed by atoms with Crippen LogP contribution in [0.2, 0.25) is 0 Å². The fourth-order valence-electron chi connectivity index (χ4n) is 1.77. The number of allylic oxidation sites excluding steroid dienone is 1. The molecule has 0 radical (unpaired) electrons. The molecule has 0 amide bonds. The van der Waals surface area contributed by atoms with Crippen molar-refractivity contribution in [2.45, 2.75) is 39.2 Å². The highest BCUT2D eigenvalue weighted by Gasteiger charge is 2.20. The lowest BCUT2D eigenvalue weighted by Gasteiger charge is -2.23. The maximum absolute atomic E-state index is 10.1. The van der Waals surface area contributed by atoms with E-state index in [1.165, 1.54) is 0 Å². The number of hydrogen-bond donors (Lipinski definition) is 2. The topological polar surface area (TPSA) is 46.2 Å². The van der Waals surface area contributed by atoms with Crippen molar-refractivity contribution in [1.29, 1.82) is 0 Å². The van der Waals surface area contributed by atoms with Crippen molar-refractivity contribution < 1.29 is 5.11 Å². The van der Waals surface area contributed by atoms with Crippen molar-refractivity contribution in [3.05, 3.63) is 41.5 Å². The zero-order valence-electron chi connectivity index (χ0n) is 10.4. The van der Waals surface area contributed by atoms with E-state index in [2.05, 4.69) is 27.4 Å². The lowest BCUT2D eigenvalue weighted by molar-refractivity contribution is 0.440. The van der Waals surface area contributed by atoms with Gasteiger partial charge < -0.3 is 10.8 Å². The number of nitrogens with two attached hydrogens (primary N) is 1. The second kappa shape index (κ2) is 4.71. The molecule has 1 rings (SSSR count). The van der Waals surface area contributed by atoms with Crippen LogP contribution in [0.15, 0.2) is 24.8 Å². The highest BCUT2D eigenvalue weighted by Crippen LogP contribution is 2.34. The van der Waals surface area contributed by atoms with Crippen LogP contribution >= 0.6 is 0 Å². The summed E-state index contributed by atoms with van der Waals surface area (Å²) >= 11 is 0. The summed E-state index contributed by atoms with van der Waals surface area (Å²) in [5.41, 5.74) is 8.48. The molecule has 2 nitrogen and oxygen atoms in total. The molecule has 0 aliphatic rings. The third kappa shape index (κ3) is 2.64. The monoisotopic (exact) mass is 219 g/mol. The third-order valence-electron chi connectivity index (χ3n) is 2.66. The van der Waals surface area contributed by atoms with Crippen LogP contribution in [0.5, 0.6) is 5.75 Å². The molecule has 0 aromatic heterocycles. The lowest BCUT2D eigenvalue weighted by atomic mass is 9.83. The Morgan fingerprint density at radius 1 is 1.38 bits per heavy atom. The number of phenolic OH excluding ortho intramolecular Hbond substituents is 1. The highest BCUT2D eigenvalue weighted by atomic mass is 16.3. The molecule has 0 fully saturated rings. The van der Waals surface area contributed by atoms with Crippen LogP contribution in [0.4, 0.5) is 0 Å². The number of rotatable bonds is 3. The predicted molar refractivity (Wildman–Crippen MR) is 68.6 cm³/mol. The Balaban J connectivity index is 3.35. The zero-order valence-corrected chi connectivity index (χ0v) is 10.4. The van der Waals surface area contributed by atoms with E-state index >= 15 is 0 Å². The summed E-state index contributed by atoms with van der Waals surface area (Å²) < 4.78 is 0. The molecule has 16 heavy (non-hydrogen) atoms. The van der Waals surface area contributed by atoms with Crippen molar-refractivity contribution in [2.24, 2.45) is 5.73 Å². The normalized spacial score (nSPS) is 11.5. The highest BCUT2D eigenvalue weighted by molar-refractivity contribution is 5.47. The fraction of sp³-hybridized carbons (Fsp3) is 0.429. The van der Waals surface area contributed by atoms with Gasteiger partial charge in [0.1, 0.15) is 5.75 Å². The van der Waals surface area contributed by atoms with Gasteiger partial charge in [0.25, 0.3) is 0 Å².